The molecule has 0 unspecified atom stereocenters. The van der Waals surface area contributed by atoms with Crippen molar-refractivity contribution in [2.24, 2.45) is 5.92 Å². The first-order valence-electron chi connectivity index (χ1n) is 26.9. The van der Waals surface area contributed by atoms with Gasteiger partial charge in [-0.2, -0.15) is 0 Å². The molecule has 6 nitrogen and oxygen atoms in total. The average Bonchev–Trinajstić information content (AvgIpc) is 3.23. The molecule has 0 amide bonds. The average molecular weight is 849 g/mol. The number of hydrogen-bond donors (Lipinski definition) is 0. The number of ether oxygens (including phenoxy) is 3. The van der Waals surface area contributed by atoms with Gasteiger partial charge in [-0.15, -0.1) is 0 Å². The molecule has 0 fully saturated rings. The van der Waals surface area contributed by atoms with E-state index in [4.69, 9.17) is 14.2 Å². The maximum Gasteiger partial charge on any atom is 0.306 e. The lowest BCUT2D eigenvalue weighted by atomic mass is 10.0. The second kappa shape index (κ2) is 48.4. The molecule has 0 rings (SSSR count). The Kier molecular flexibility index (Phi) is 47.2. The third kappa shape index (κ3) is 47.5. The Labute approximate surface area is 374 Å². The van der Waals surface area contributed by atoms with Gasteiger partial charge in [-0.25, -0.2) is 0 Å². The molecule has 0 aromatic carbocycles. The van der Waals surface area contributed by atoms with Crippen LogP contribution >= 0.6 is 0 Å². The molecule has 60 heavy (non-hydrogen) atoms. The van der Waals surface area contributed by atoms with Crippen molar-refractivity contribution in [2.45, 2.75) is 310 Å². The summed E-state index contributed by atoms with van der Waals surface area (Å²) in [7, 11) is 0. The predicted molar refractivity (Wildman–Crippen MR) is 257 cm³/mol. The van der Waals surface area contributed by atoms with Crippen LogP contribution in [0.15, 0.2) is 0 Å². The molecular formula is C54H104O6. The number of unbranched alkanes of at least 4 members (excludes halogenated alkanes) is 36. The first kappa shape index (κ1) is 58.4. The highest BCUT2D eigenvalue weighted by atomic mass is 16.6. The topological polar surface area (TPSA) is 78.9 Å². The summed E-state index contributed by atoms with van der Waals surface area (Å²) < 4.78 is 16.8. The van der Waals surface area contributed by atoms with Crippen LogP contribution in [-0.2, 0) is 28.6 Å². The van der Waals surface area contributed by atoms with Crippen molar-refractivity contribution in [3.8, 4) is 0 Å². The van der Waals surface area contributed by atoms with Gasteiger partial charge >= 0.3 is 17.9 Å². The van der Waals surface area contributed by atoms with E-state index in [9.17, 15) is 14.4 Å². The lowest BCUT2D eigenvalue weighted by Gasteiger charge is -2.18. The van der Waals surface area contributed by atoms with E-state index in [1.165, 1.54) is 199 Å². The van der Waals surface area contributed by atoms with Gasteiger partial charge in [0.1, 0.15) is 13.2 Å². The normalized spacial score (nSPS) is 11.9. The van der Waals surface area contributed by atoms with E-state index in [-0.39, 0.29) is 31.1 Å². The molecule has 0 bridgehead atoms. The lowest BCUT2D eigenvalue weighted by Crippen LogP contribution is -2.30. The Hall–Kier alpha value is -1.59. The summed E-state index contributed by atoms with van der Waals surface area (Å²) in [4.78, 5) is 38.0. The summed E-state index contributed by atoms with van der Waals surface area (Å²) in [6.45, 7) is 9.02. The van der Waals surface area contributed by atoms with Crippen LogP contribution in [-0.4, -0.2) is 37.2 Å². The summed E-state index contributed by atoms with van der Waals surface area (Å²) in [6, 6.07) is 0. The number of carbonyl (C=O) groups is 3. The van der Waals surface area contributed by atoms with Gasteiger partial charge in [0.2, 0.25) is 0 Å². The second-order valence-corrected chi connectivity index (χ2v) is 19.0. The largest absolute Gasteiger partial charge is 0.462 e. The minimum absolute atomic E-state index is 0.0628. The molecule has 0 aliphatic heterocycles. The molecule has 0 saturated heterocycles. The fraction of sp³-hybridized carbons (Fsp3) is 0.944. The van der Waals surface area contributed by atoms with E-state index in [1.54, 1.807) is 0 Å². The molecule has 0 saturated carbocycles. The lowest BCUT2D eigenvalue weighted by molar-refractivity contribution is -0.167. The summed E-state index contributed by atoms with van der Waals surface area (Å²) in [6.07, 6.45) is 50.9. The van der Waals surface area contributed by atoms with Crippen LogP contribution in [0.5, 0.6) is 0 Å². The molecular weight excluding hydrogens is 745 g/mol. The first-order chi connectivity index (χ1) is 29.4. The zero-order valence-corrected chi connectivity index (χ0v) is 40.9. The fourth-order valence-corrected chi connectivity index (χ4v) is 8.22. The minimum Gasteiger partial charge on any atom is -0.462 e. The van der Waals surface area contributed by atoms with E-state index in [0.29, 0.717) is 19.3 Å². The third-order valence-corrected chi connectivity index (χ3v) is 12.3. The van der Waals surface area contributed by atoms with Crippen LogP contribution in [0.3, 0.4) is 0 Å². The number of esters is 3. The fourth-order valence-electron chi connectivity index (χ4n) is 8.22. The van der Waals surface area contributed by atoms with E-state index in [0.717, 1.165) is 63.7 Å². The maximum atomic E-state index is 12.8. The van der Waals surface area contributed by atoms with Crippen LogP contribution in [0, 0.1) is 5.92 Å². The Morgan fingerprint density at radius 1 is 0.317 bits per heavy atom. The van der Waals surface area contributed by atoms with Crippen LogP contribution in [0.1, 0.15) is 304 Å². The molecule has 0 radical (unpaired) electrons. The molecule has 0 aliphatic carbocycles. The highest BCUT2D eigenvalue weighted by Crippen LogP contribution is 2.17. The SMILES string of the molecule is CCCCCCCCCCCCCCCCCCCCC(=O)O[C@H](COC(=O)CCCCCCCCCCCCC)COC(=O)CCCCCCCCCCCCC(C)C. The molecule has 0 spiro atoms. The summed E-state index contributed by atoms with van der Waals surface area (Å²) in [5.41, 5.74) is 0. The Balaban J connectivity index is 4.27. The van der Waals surface area contributed by atoms with Crippen molar-refractivity contribution in [1.29, 1.82) is 0 Å². The number of hydrogen-bond acceptors (Lipinski definition) is 6. The molecule has 1 atom stereocenters. The van der Waals surface area contributed by atoms with E-state index in [1.807, 2.05) is 0 Å². The second-order valence-electron chi connectivity index (χ2n) is 19.0. The third-order valence-electron chi connectivity index (χ3n) is 12.3. The van der Waals surface area contributed by atoms with Crippen molar-refractivity contribution >= 4 is 17.9 Å². The van der Waals surface area contributed by atoms with Gasteiger partial charge in [-0.1, -0.05) is 265 Å². The van der Waals surface area contributed by atoms with Crippen molar-refractivity contribution < 1.29 is 28.6 Å². The molecule has 0 N–H and O–H groups in total. The van der Waals surface area contributed by atoms with Gasteiger partial charge in [-0.05, 0) is 25.2 Å². The molecule has 6 heteroatoms. The standard InChI is InChI=1S/C54H104O6/c1-5-7-9-11-13-15-17-18-19-20-21-22-23-25-31-35-39-43-47-54(57)60-51(48-58-52(55)45-41-37-33-29-24-16-14-12-10-8-6-2)49-59-53(56)46-42-38-34-30-27-26-28-32-36-40-44-50(3)4/h50-51H,5-49H2,1-4H3/t51-/m1/s1. The van der Waals surface area contributed by atoms with Crippen LogP contribution < -0.4 is 0 Å². The van der Waals surface area contributed by atoms with E-state index < -0.39 is 6.10 Å². The van der Waals surface area contributed by atoms with E-state index in [2.05, 4.69) is 27.7 Å². The van der Waals surface area contributed by atoms with Crippen molar-refractivity contribution in [2.75, 3.05) is 13.2 Å². The highest BCUT2D eigenvalue weighted by molar-refractivity contribution is 5.71. The van der Waals surface area contributed by atoms with Gasteiger partial charge in [0.25, 0.3) is 0 Å². The molecule has 0 aliphatic rings. The van der Waals surface area contributed by atoms with Gasteiger partial charge in [0, 0.05) is 19.3 Å². The molecule has 0 heterocycles. The van der Waals surface area contributed by atoms with Crippen LogP contribution in [0.4, 0.5) is 0 Å². The monoisotopic (exact) mass is 849 g/mol. The van der Waals surface area contributed by atoms with Crippen molar-refractivity contribution in [3.05, 3.63) is 0 Å². The van der Waals surface area contributed by atoms with Crippen molar-refractivity contribution in [1.82, 2.24) is 0 Å². The zero-order chi connectivity index (χ0) is 43.8. The molecule has 0 aromatic rings. The number of rotatable bonds is 49. The Bertz CT molecular complexity index is 903. The quantitative estimate of drug-likeness (QED) is 0.0345. The number of carbonyl (C=O) groups excluding carboxylic acids is 3. The van der Waals surface area contributed by atoms with Crippen LogP contribution in [0.2, 0.25) is 0 Å². The van der Waals surface area contributed by atoms with Gasteiger partial charge in [0.15, 0.2) is 6.10 Å². The van der Waals surface area contributed by atoms with Crippen molar-refractivity contribution in [3.63, 3.8) is 0 Å². The Morgan fingerprint density at radius 3 is 0.817 bits per heavy atom. The summed E-state index contributed by atoms with van der Waals surface area (Å²) in [5, 5.41) is 0. The molecule has 356 valence electrons. The van der Waals surface area contributed by atoms with Gasteiger partial charge in [-0.3, -0.25) is 14.4 Å². The first-order valence-corrected chi connectivity index (χ1v) is 26.9. The summed E-state index contributed by atoms with van der Waals surface area (Å²) >= 11 is 0. The predicted octanol–water partition coefficient (Wildman–Crippen LogP) is 17.5. The van der Waals surface area contributed by atoms with E-state index >= 15 is 0 Å². The summed E-state index contributed by atoms with van der Waals surface area (Å²) in [5.74, 6) is -0.0245. The minimum atomic E-state index is -0.761. The van der Waals surface area contributed by atoms with Crippen LogP contribution in [0.25, 0.3) is 0 Å². The maximum absolute atomic E-state index is 12.8. The smallest absolute Gasteiger partial charge is 0.306 e. The van der Waals surface area contributed by atoms with Gasteiger partial charge in [0.05, 0.1) is 0 Å². The van der Waals surface area contributed by atoms with Gasteiger partial charge < -0.3 is 14.2 Å². The molecule has 0 aromatic heterocycles. The highest BCUT2D eigenvalue weighted by Gasteiger charge is 2.19. The zero-order valence-electron chi connectivity index (χ0n) is 40.9. The Morgan fingerprint density at radius 2 is 0.550 bits per heavy atom.